The molecular formula is C14H32N2O2. The fraction of sp³-hybridized carbons (Fsp3) is 0.571. The topological polar surface area (TPSA) is 58.2 Å². The Balaban J connectivity index is -0.0000000611. The predicted octanol–water partition coefficient (Wildman–Crippen LogP) is 2.92. The first-order valence-electron chi connectivity index (χ1n) is 6.30. The summed E-state index contributed by atoms with van der Waals surface area (Å²) in [6, 6.07) is 0. The zero-order chi connectivity index (χ0) is 15.0. The van der Waals surface area contributed by atoms with Crippen molar-refractivity contribution in [3.05, 3.63) is 24.8 Å². The molecule has 0 aromatic heterocycles. The van der Waals surface area contributed by atoms with Crippen molar-refractivity contribution in [3.8, 4) is 0 Å². The van der Waals surface area contributed by atoms with Gasteiger partial charge in [-0.3, -0.25) is 9.59 Å². The number of amides is 2. The molecule has 0 radical (unpaired) electrons. The van der Waals surface area contributed by atoms with Crippen molar-refractivity contribution in [2.75, 3.05) is 13.1 Å². The second-order valence-electron chi connectivity index (χ2n) is 3.09. The maximum Gasteiger partial charge on any atom is 0.246 e. The average Bonchev–Trinajstić information content (AvgIpc) is 2.33. The zero-order valence-electron chi connectivity index (χ0n) is 12.4. The summed E-state index contributed by atoms with van der Waals surface area (Å²) in [6.45, 7) is 17.7. The minimum Gasteiger partial charge on any atom is -0.356 e. The second kappa shape index (κ2) is 17.8. The molecule has 0 aliphatic rings. The van der Waals surface area contributed by atoms with E-state index in [1.807, 2.05) is 27.7 Å². The van der Waals surface area contributed by atoms with E-state index in [0.29, 0.717) is 25.1 Å². The molecule has 4 nitrogen and oxygen atoms in total. The molecule has 0 aromatic carbocycles. The zero-order valence-corrected chi connectivity index (χ0v) is 12.4. The van der Waals surface area contributed by atoms with Gasteiger partial charge in [-0.05, 0) is 20.8 Å². The first kappa shape index (κ1) is 21.7. The number of hydrogen-bond acceptors (Lipinski definition) is 2. The molecule has 2 N–H and O–H groups in total. The van der Waals surface area contributed by atoms with Gasteiger partial charge in [0.05, 0.1) is 0 Å². The number of rotatable bonds is 5. The van der Waals surface area contributed by atoms with Gasteiger partial charge in [0.1, 0.15) is 0 Å². The molecule has 0 aromatic rings. The summed E-state index contributed by atoms with van der Waals surface area (Å²) in [5.41, 5.74) is 0.562. The molecule has 4 heteroatoms. The SMILES string of the molecule is C=C(C)C(=O)NCC.C=CCC(=O)NCC.CC.[HH].[HH]. The molecule has 0 saturated heterocycles. The van der Waals surface area contributed by atoms with Crippen molar-refractivity contribution in [1.82, 2.24) is 10.6 Å². The Hall–Kier alpha value is -1.58. The lowest BCUT2D eigenvalue weighted by Crippen LogP contribution is -2.22. The van der Waals surface area contributed by atoms with Gasteiger partial charge >= 0.3 is 0 Å². The van der Waals surface area contributed by atoms with Crippen LogP contribution in [0.5, 0.6) is 0 Å². The van der Waals surface area contributed by atoms with Crippen LogP contribution in [0.4, 0.5) is 0 Å². The number of carbonyl (C=O) groups is 2. The third-order valence-corrected chi connectivity index (χ3v) is 1.43. The second-order valence-corrected chi connectivity index (χ2v) is 3.09. The minimum atomic E-state index is -0.0625. The molecule has 0 spiro atoms. The van der Waals surface area contributed by atoms with E-state index in [4.69, 9.17) is 0 Å². The highest BCUT2D eigenvalue weighted by molar-refractivity contribution is 5.91. The average molecular weight is 260 g/mol. The van der Waals surface area contributed by atoms with Crippen molar-refractivity contribution in [1.29, 1.82) is 0 Å². The molecule has 2 amide bonds. The van der Waals surface area contributed by atoms with E-state index in [1.54, 1.807) is 13.0 Å². The highest BCUT2D eigenvalue weighted by Crippen LogP contribution is 1.82. The van der Waals surface area contributed by atoms with Crippen LogP contribution in [0.2, 0.25) is 0 Å². The van der Waals surface area contributed by atoms with E-state index in [2.05, 4.69) is 23.8 Å². The largest absolute Gasteiger partial charge is 0.356 e. The molecule has 0 aliphatic heterocycles. The van der Waals surface area contributed by atoms with Gasteiger partial charge in [-0.25, -0.2) is 0 Å². The lowest BCUT2D eigenvalue weighted by Gasteiger charge is -1.97. The lowest BCUT2D eigenvalue weighted by molar-refractivity contribution is -0.120. The molecule has 110 valence electrons. The number of carbonyl (C=O) groups excluding carboxylic acids is 2. The van der Waals surface area contributed by atoms with Crippen LogP contribution in [0.15, 0.2) is 24.8 Å². The van der Waals surface area contributed by atoms with E-state index in [-0.39, 0.29) is 14.7 Å². The first-order chi connectivity index (χ1) is 8.49. The Morgan fingerprint density at radius 3 is 1.83 bits per heavy atom. The van der Waals surface area contributed by atoms with Crippen LogP contribution < -0.4 is 10.6 Å². The normalized spacial score (nSPS) is 7.61. The van der Waals surface area contributed by atoms with Crippen LogP contribution in [0, 0.1) is 0 Å². The summed E-state index contributed by atoms with van der Waals surface area (Å²) in [5.74, 6) is -0.0185. The third kappa shape index (κ3) is 19.9. The summed E-state index contributed by atoms with van der Waals surface area (Å²) in [6.07, 6.45) is 2.01. The van der Waals surface area contributed by atoms with Crippen LogP contribution in [-0.4, -0.2) is 24.9 Å². The van der Waals surface area contributed by atoms with E-state index < -0.39 is 0 Å². The summed E-state index contributed by atoms with van der Waals surface area (Å²) in [4.78, 5) is 21.0. The third-order valence-electron chi connectivity index (χ3n) is 1.43. The fourth-order valence-corrected chi connectivity index (χ4v) is 0.712. The van der Waals surface area contributed by atoms with Crippen LogP contribution in [0.25, 0.3) is 0 Å². The molecule has 0 unspecified atom stereocenters. The first-order valence-corrected chi connectivity index (χ1v) is 6.30. The predicted molar refractivity (Wildman–Crippen MR) is 82.6 cm³/mol. The quantitative estimate of drug-likeness (QED) is 0.590. The van der Waals surface area contributed by atoms with Crippen LogP contribution in [0.3, 0.4) is 0 Å². The van der Waals surface area contributed by atoms with Crippen LogP contribution in [0.1, 0.15) is 43.9 Å². The molecule has 0 rings (SSSR count). The fourth-order valence-electron chi connectivity index (χ4n) is 0.712. The van der Waals surface area contributed by atoms with Crippen molar-refractivity contribution in [3.63, 3.8) is 0 Å². The molecule has 0 saturated carbocycles. The molecule has 0 atom stereocenters. The molecule has 0 aliphatic carbocycles. The Morgan fingerprint density at radius 1 is 1.17 bits per heavy atom. The van der Waals surface area contributed by atoms with Gasteiger partial charge in [0.2, 0.25) is 11.8 Å². The smallest absolute Gasteiger partial charge is 0.246 e. The van der Waals surface area contributed by atoms with E-state index >= 15 is 0 Å². The van der Waals surface area contributed by atoms with Crippen molar-refractivity contribution in [2.45, 2.75) is 41.0 Å². The Morgan fingerprint density at radius 2 is 1.61 bits per heavy atom. The Kier molecular flexibility index (Phi) is 21.4. The summed E-state index contributed by atoms with van der Waals surface area (Å²) in [7, 11) is 0. The summed E-state index contributed by atoms with van der Waals surface area (Å²) < 4.78 is 0. The monoisotopic (exact) mass is 260 g/mol. The summed E-state index contributed by atoms with van der Waals surface area (Å²) >= 11 is 0. The number of nitrogens with one attached hydrogen (secondary N) is 2. The Bertz CT molecular complexity index is 258. The van der Waals surface area contributed by atoms with Crippen LogP contribution in [-0.2, 0) is 9.59 Å². The van der Waals surface area contributed by atoms with Gasteiger partial charge in [-0.2, -0.15) is 0 Å². The van der Waals surface area contributed by atoms with Gasteiger partial charge in [0.15, 0.2) is 0 Å². The molecule has 0 heterocycles. The number of likely N-dealkylation sites (N-methyl/N-ethyl adjacent to an activating group) is 1. The molecule has 0 fully saturated rings. The van der Waals surface area contributed by atoms with E-state index in [0.717, 1.165) is 0 Å². The Labute approximate surface area is 115 Å². The molecular weight excluding hydrogens is 228 g/mol. The summed E-state index contributed by atoms with van der Waals surface area (Å²) in [5, 5.41) is 5.24. The van der Waals surface area contributed by atoms with Gasteiger partial charge in [-0.15, -0.1) is 6.58 Å². The molecule has 0 bridgehead atoms. The van der Waals surface area contributed by atoms with Crippen molar-refractivity contribution in [2.24, 2.45) is 0 Å². The van der Waals surface area contributed by atoms with E-state index in [1.165, 1.54) is 0 Å². The van der Waals surface area contributed by atoms with Crippen LogP contribution >= 0.6 is 0 Å². The van der Waals surface area contributed by atoms with Gasteiger partial charge in [-0.1, -0.05) is 26.5 Å². The highest BCUT2D eigenvalue weighted by atomic mass is 16.2. The number of hydrogen-bond donors (Lipinski definition) is 2. The van der Waals surface area contributed by atoms with Crippen molar-refractivity contribution < 1.29 is 12.4 Å². The lowest BCUT2D eigenvalue weighted by atomic mass is 10.3. The maximum atomic E-state index is 10.5. The highest BCUT2D eigenvalue weighted by Gasteiger charge is 1.95. The standard InChI is InChI=1S/2C6H11NO.C2H6.2H2/c1-4-7-6(8)5(2)3;1-3-5-6(8)7-4-2;1-2;;/h2,4H2,1,3H3,(H,7,8);3H,1,4-5H2,2H3,(H,7,8);1-2H3;2*1H. The minimum absolute atomic E-state index is 0. The maximum absolute atomic E-state index is 10.5. The van der Waals surface area contributed by atoms with Crippen molar-refractivity contribution >= 4 is 11.8 Å². The van der Waals surface area contributed by atoms with Gasteiger partial charge in [0, 0.05) is 27.9 Å². The van der Waals surface area contributed by atoms with E-state index in [9.17, 15) is 9.59 Å². The van der Waals surface area contributed by atoms with Gasteiger partial charge in [0.25, 0.3) is 0 Å². The van der Waals surface area contributed by atoms with Gasteiger partial charge < -0.3 is 10.6 Å². The molecule has 18 heavy (non-hydrogen) atoms.